The average molecular weight is 512 g/mol. The normalized spacial score (nSPS) is 15.8. The lowest BCUT2D eigenvalue weighted by molar-refractivity contribution is -0.123. The predicted molar refractivity (Wildman–Crippen MR) is 140 cm³/mol. The fraction of sp³-hybridized carbons (Fsp3) is 0.462. The van der Waals surface area contributed by atoms with Gasteiger partial charge < -0.3 is 20.0 Å². The van der Waals surface area contributed by atoms with Crippen LogP contribution in [0.2, 0.25) is 0 Å². The van der Waals surface area contributed by atoms with Gasteiger partial charge in [0, 0.05) is 35.6 Å². The van der Waals surface area contributed by atoms with Gasteiger partial charge in [-0.05, 0) is 69.6 Å². The van der Waals surface area contributed by atoms with Crippen molar-refractivity contribution in [2.45, 2.75) is 49.6 Å². The number of nitrogens with zero attached hydrogens (tertiary/aromatic N) is 2. The molecule has 10 heteroatoms. The van der Waals surface area contributed by atoms with Gasteiger partial charge in [0.05, 0.1) is 11.0 Å². The fourth-order valence-corrected chi connectivity index (χ4v) is 5.34. The summed E-state index contributed by atoms with van der Waals surface area (Å²) >= 11 is 0. The third-order valence-corrected chi connectivity index (χ3v) is 7.76. The Morgan fingerprint density at radius 3 is 2.53 bits per heavy atom. The van der Waals surface area contributed by atoms with E-state index in [-0.39, 0.29) is 10.8 Å². The number of rotatable bonds is 11. The number of benzene rings is 2. The summed E-state index contributed by atoms with van der Waals surface area (Å²) in [5.74, 6) is -0.406. The Hall–Kier alpha value is -3.13. The second-order valence-corrected chi connectivity index (χ2v) is 11.9. The van der Waals surface area contributed by atoms with E-state index in [9.17, 15) is 18.5 Å². The van der Waals surface area contributed by atoms with Crippen molar-refractivity contribution >= 4 is 43.6 Å². The maximum absolute atomic E-state index is 13.3. The Morgan fingerprint density at radius 2 is 1.89 bits per heavy atom. The lowest BCUT2D eigenvalue weighted by Crippen LogP contribution is -2.50. The summed E-state index contributed by atoms with van der Waals surface area (Å²) < 4.78 is 35.2. The molecule has 1 saturated carbocycles. The summed E-state index contributed by atoms with van der Waals surface area (Å²) in [4.78, 5) is 15.0. The summed E-state index contributed by atoms with van der Waals surface area (Å²) in [7, 11) is 0.0130. The molecule has 0 spiro atoms. The van der Waals surface area contributed by atoms with E-state index in [2.05, 4.69) is 26.3 Å². The van der Waals surface area contributed by atoms with Crippen LogP contribution >= 0.6 is 0 Å². The molecule has 9 nitrogen and oxygen atoms in total. The van der Waals surface area contributed by atoms with E-state index in [1.165, 1.54) is 6.07 Å². The van der Waals surface area contributed by atoms with Crippen LogP contribution in [-0.2, 0) is 14.8 Å². The van der Waals surface area contributed by atoms with Gasteiger partial charge in [-0.15, -0.1) is 0 Å². The molecule has 3 N–H and O–H groups in total. The number of hydrogen-bond acceptors (Lipinski definition) is 7. The van der Waals surface area contributed by atoms with Crippen molar-refractivity contribution in [2.24, 2.45) is 5.92 Å². The third kappa shape index (κ3) is 5.81. The third-order valence-electron chi connectivity index (χ3n) is 6.29. The van der Waals surface area contributed by atoms with Gasteiger partial charge in [-0.2, -0.15) is 9.98 Å². The van der Waals surface area contributed by atoms with Gasteiger partial charge in [0.25, 0.3) is 0 Å². The van der Waals surface area contributed by atoms with E-state index in [4.69, 9.17) is 4.42 Å². The highest BCUT2D eigenvalue weighted by Gasteiger charge is 2.46. The van der Waals surface area contributed by atoms with E-state index >= 15 is 0 Å². The predicted octanol–water partition coefficient (Wildman–Crippen LogP) is 3.42. The zero-order valence-electron chi connectivity index (χ0n) is 21.1. The molecule has 0 aliphatic heterocycles. The standard InChI is InChI=1S/C26H33N5O4S/c1-17(2)13-22(25(32)29-26(16-27)9-10-26)30-36(33,34)19-6-8-23-21(15-19)20-7-5-18(14-24(20)35-23)28-11-12-31(3)4/h5-8,14-15,17,22,28,30H,9-13H2,1-4H3,(H,29,32)/t22-/m0/s1. The van der Waals surface area contributed by atoms with Crippen LogP contribution in [0.3, 0.4) is 0 Å². The minimum Gasteiger partial charge on any atom is -0.456 e. The first-order valence-electron chi connectivity index (χ1n) is 12.1. The van der Waals surface area contributed by atoms with E-state index in [1.807, 2.05) is 46.1 Å². The number of nitriles is 1. The number of likely N-dealkylation sites (N-methyl/N-ethyl adjacent to an activating group) is 1. The van der Waals surface area contributed by atoms with E-state index < -0.39 is 27.5 Å². The molecule has 1 heterocycles. The van der Waals surface area contributed by atoms with Crippen LogP contribution in [0.25, 0.3) is 21.9 Å². The number of nitrogens with one attached hydrogen (secondary N) is 3. The van der Waals surface area contributed by atoms with Crippen LogP contribution < -0.4 is 15.4 Å². The zero-order valence-corrected chi connectivity index (χ0v) is 21.9. The van der Waals surface area contributed by atoms with Gasteiger partial charge in [0.15, 0.2) is 0 Å². The molecule has 0 saturated heterocycles. The van der Waals surface area contributed by atoms with Gasteiger partial charge in [0.2, 0.25) is 15.9 Å². The largest absolute Gasteiger partial charge is 0.456 e. The van der Waals surface area contributed by atoms with Gasteiger partial charge in [-0.1, -0.05) is 13.8 Å². The lowest BCUT2D eigenvalue weighted by atomic mass is 10.0. The number of carbonyl (C=O) groups is 1. The molecule has 0 unspecified atom stereocenters. The van der Waals surface area contributed by atoms with Crippen LogP contribution in [-0.4, -0.2) is 58.0 Å². The lowest BCUT2D eigenvalue weighted by Gasteiger charge is -2.21. The molecule has 0 bridgehead atoms. The number of amides is 1. The van der Waals surface area contributed by atoms with Gasteiger partial charge >= 0.3 is 0 Å². The monoisotopic (exact) mass is 511 g/mol. The second kappa shape index (κ2) is 10.1. The molecule has 1 atom stereocenters. The van der Waals surface area contributed by atoms with Crippen LogP contribution in [0.15, 0.2) is 45.7 Å². The molecule has 3 aromatic rings. The SMILES string of the molecule is CC(C)C[C@H](NS(=O)(=O)c1ccc2oc3cc(NCCN(C)C)ccc3c2c1)C(=O)NC1(C#N)CC1. The first kappa shape index (κ1) is 25.9. The van der Waals surface area contributed by atoms with Crippen molar-refractivity contribution in [1.29, 1.82) is 5.26 Å². The Bertz CT molecular complexity index is 1420. The Labute approximate surface area is 211 Å². The quantitative estimate of drug-likeness (QED) is 0.360. The van der Waals surface area contributed by atoms with Gasteiger partial charge in [-0.3, -0.25) is 4.79 Å². The van der Waals surface area contributed by atoms with Crippen molar-refractivity contribution in [1.82, 2.24) is 14.9 Å². The van der Waals surface area contributed by atoms with E-state index in [0.29, 0.717) is 35.8 Å². The topological polar surface area (TPSA) is 127 Å². The Kier molecular flexibility index (Phi) is 7.27. The molecule has 1 aliphatic rings. The summed E-state index contributed by atoms with van der Waals surface area (Å²) in [5.41, 5.74) is 1.29. The minimum atomic E-state index is -4.01. The van der Waals surface area contributed by atoms with Crippen LogP contribution in [0.1, 0.15) is 33.1 Å². The maximum Gasteiger partial charge on any atom is 0.241 e. The van der Waals surface area contributed by atoms with Crippen molar-refractivity contribution in [2.75, 3.05) is 32.5 Å². The van der Waals surface area contributed by atoms with Crippen molar-refractivity contribution in [3.8, 4) is 6.07 Å². The molecular weight excluding hydrogens is 478 g/mol. The van der Waals surface area contributed by atoms with Gasteiger partial charge in [0.1, 0.15) is 22.7 Å². The number of carbonyl (C=O) groups excluding carboxylic acids is 1. The minimum absolute atomic E-state index is 0.0499. The number of anilines is 1. The molecule has 1 amide bonds. The molecule has 4 rings (SSSR count). The number of furan rings is 1. The number of hydrogen-bond donors (Lipinski definition) is 3. The highest BCUT2D eigenvalue weighted by Crippen LogP contribution is 2.35. The molecular formula is C26H33N5O4S. The highest BCUT2D eigenvalue weighted by molar-refractivity contribution is 7.89. The average Bonchev–Trinajstić information content (AvgIpc) is 3.49. The fourth-order valence-electron chi connectivity index (χ4n) is 4.11. The van der Waals surface area contributed by atoms with Gasteiger partial charge in [-0.25, -0.2) is 8.42 Å². The molecule has 0 radical (unpaired) electrons. The molecule has 1 aromatic heterocycles. The van der Waals surface area contributed by atoms with Crippen LogP contribution in [0, 0.1) is 17.2 Å². The van der Waals surface area contributed by atoms with Crippen molar-refractivity contribution in [3.05, 3.63) is 36.4 Å². The van der Waals surface area contributed by atoms with Crippen LogP contribution in [0.5, 0.6) is 0 Å². The Balaban J connectivity index is 1.58. The van der Waals surface area contributed by atoms with Crippen molar-refractivity contribution < 1.29 is 17.6 Å². The molecule has 192 valence electrons. The smallest absolute Gasteiger partial charge is 0.241 e. The van der Waals surface area contributed by atoms with E-state index in [1.54, 1.807) is 12.1 Å². The summed E-state index contributed by atoms with van der Waals surface area (Å²) in [6.07, 6.45) is 1.47. The second-order valence-electron chi connectivity index (χ2n) is 10.2. The van der Waals surface area contributed by atoms with E-state index in [0.717, 1.165) is 24.2 Å². The molecule has 2 aromatic carbocycles. The summed E-state index contributed by atoms with van der Waals surface area (Å²) in [6.45, 7) is 5.51. The molecule has 1 fully saturated rings. The molecule has 1 aliphatic carbocycles. The number of sulfonamides is 1. The molecule has 36 heavy (non-hydrogen) atoms. The van der Waals surface area contributed by atoms with Crippen LogP contribution in [0.4, 0.5) is 5.69 Å². The Morgan fingerprint density at radius 1 is 1.14 bits per heavy atom. The van der Waals surface area contributed by atoms with Crippen molar-refractivity contribution in [3.63, 3.8) is 0 Å². The first-order valence-corrected chi connectivity index (χ1v) is 13.6. The maximum atomic E-state index is 13.3. The summed E-state index contributed by atoms with van der Waals surface area (Å²) in [5, 5.41) is 16.9. The first-order chi connectivity index (χ1) is 17.0. The summed E-state index contributed by atoms with van der Waals surface area (Å²) in [6, 6.07) is 11.6. The zero-order chi connectivity index (χ0) is 26.1. The highest BCUT2D eigenvalue weighted by atomic mass is 32.2. The number of fused-ring (bicyclic) bond motifs is 3.